The lowest BCUT2D eigenvalue weighted by atomic mass is 10.1. The molecule has 2 heterocycles. The highest BCUT2D eigenvalue weighted by atomic mass is 32.1. The molecule has 0 aliphatic carbocycles. The Bertz CT molecular complexity index is 1230. The van der Waals surface area contributed by atoms with Crippen molar-refractivity contribution in [2.75, 3.05) is 6.61 Å². The summed E-state index contributed by atoms with van der Waals surface area (Å²) in [7, 11) is 0. The number of nitrogens with two attached hydrogens (primary N) is 1. The fourth-order valence-electron chi connectivity index (χ4n) is 3.07. The van der Waals surface area contributed by atoms with Crippen molar-refractivity contribution in [2.24, 2.45) is 11.7 Å². The molecule has 0 aliphatic rings. The van der Waals surface area contributed by atoms with Gasteiger partial charge >= 0.3 is 0 Å². The molecule has 0 unspecified atom stereocenters. The summed E-state index contributed by atoms with van der Waals surface area (Å²) in [6.07, 6.45) is 1.11. The molecule has 0 saturated carbocycles. The number of aliphatic hydroxyl groups excluding tert-OH is 1. The zero-order chi connectivity index (χ0) is 25.7. The minimum absolute atomic E-state index is 0.0477. The van der Waals surface area contributed by atoms with Crippen LogP contribution in [0.25, 0.3) is 11.3 Å². The van der Waals surface area contributed by atoms with E-state index in [1.54, 1.807) is 18.2 Å². The number of nitrogens with one attached hydrogen (secondary N) is 1. The van der Waals surface area contributed by atoms with Gasteiger partial charge in [-0.3, -0.25) is 14.4 Å². The van der Waals surface area contributed by atoms with Crippen molar-refractivity contribution in [1.82, 2.24) is 14.7 Å². The van der Waals surface area contributed by atoms with Crippen LogP contribution < -0.4 is 15.8 Å². The summed E-state index contributed by atoms with van der Waals surface area (Å²) in [5.41, 5.74) is 6.09. The zero-order valence-electron chi connectivity index (χ0n) is 19.3. The molecule has 2 atom stereocenters. The largest absolute Gasteiger partial charge is 0.484 e. The Morgan fingerprint density at radius 3 is 2.49 bits per heavy atom. The van der Waals surface area contributed by atoms with E-state index in [1.807, 2.05) is 20.8 Å². The summed E-state index contributed by atoms with van der Waals surface area (Å²) < 4.78 is 24.9. The molecule has 2 aromatic heterocycles. The Morgan fingerprint density at radius 2 is 1.91 bits per heavy atom. The number of halogens is 1. The minimum atomic E-state index is -1.31. The molecular formula is C24H25FN4O5S. The van der Waals surface area contributed by atoms with E-state index in [0.29, 0.717) is 22.7 Å². The van der Waals surface area contributed by atoms with Gasteiger partial charge in [0.25, 0.3) is 5.91 Å². The van der Waals surface area contributed by atoms with Gasteiger partial charge in [-0.25, -0.2) is 9.37 Å². The van der Waals surface area contributed by atoms with Crippen LogP contribution in [0, 0.1) is 11.7 Å². The third-order valence-corrected chi connectivity index (χ3v) is 6.04. The maximum absolute atomic E-state index is 14.6. The van der Waals surface area contributed by atoms with Crippen LogP contribution in [0.1, 0.15) is 52.6 Å². The summed E-state index contributed by atoms with van der Waals surface area (Å²) in [4.78, 5) is 40.4. The number of Topliss-reactive ketones (excluding diaryl/α,β-unsaturated/α-hetero) is 1. The molecule has 3 rings (SSSR count). The Hall–Kier alpha value is -3.70. The summed E-state index contributed by atoms with van der Waals surface area (Å²) in [6.45, 7) is 4.75. The average Bonchev–Trinajstić information content (AvgIpc) is 3.32. The smallest absolute Gasteiger partial charge is 0.254 e. The van der Waals surface area contributed by atoms with Crippen LogP contribution in [0.3, 0.4) is 0 Å². The van der Waals surface area contributed by atoms with Crippen molar-refractivity contribution in [1.29, 1.82) is 0 Å². The molecule has 11 heteroatoms. The third kappa shape index (κ3) is 6.25. The number of carbonyl (C=O) groups is 3. The molecule has 3 aromatic rings. The quantitative estimate of drug-likeness (QED) is 0.363. The van der Waals surface area contributed by atoms with E-state index < -0.39 is 30.3 Å². The standard InChI is InChI=1S/C24H25FN4O5S/c1-12(2)22(31)18-7-5-15(10-27-18)34-13(3)21-9-19(29-35-21)14-4-6-16(17(25)8-14)24(33)28-20(11-30)23(26)32/h4-10,12-13,20,30H,11H2,1-3H3,(H2,26,32)(H,28,33)/t13-,20+/m1/s1. The highest BCUT2D eigenvalue weighted by Gasteiger charge is 2.21. The summed E-state index contributed by atoms with van der Waals surface area (Å²) >= 11 is 1.18. The molecule has 184 valence electrons. The summed E-state index contributed by atoms with van der Waals surface area (Å²) in [5.74, 6) is -2.32. The van der Waals surface area contributed by atoms with E-state index in [2.05, 4.69) is 14.7 Å². The van der Waals surface area contributed by atoms with Crippen LogP contribution in [0.4, 0.5) is 4.39 Å². The number of aromatic nitrogens is 2. The molecule has 4 N–H and O–H groups in total. The van der Waals surface area contributed by atoms with Crippen molar-refractivity contribution in [3.63, 3.8) is 0 Å². The number of ketones is 1. The first-order valence-corrected chi connectivity index (χ1v) is 11.5. The average molecular weight is 501 g/mol. The lowest BCUT2D eigenvalue weighted by Gasteiger charge is -2.13. The van der Waals surface area contributed by atoms with Crippen LogP contribution in [-0.2, 0) is 4.79 Å². The molecule has 0 aliphatic heterocycles. The summed E-state index contributed by atoms with van der Waals surface area (Å²) in [5, 5.41) is 11.3. The first-order valence-electron chi connectivity index (χ1n) is 10.7. The van der Waals surface area contributed by atoms with Crippen molar-refractivity contribution >= 4 is 29.1 Å². The molecule has 2 amide bonds. The molecule has 0 fully saturated rings. The van der Waals surface area contributed by atoms with Gasteiger partial charge in [-0.1, -0.05) is 19.9 Å². The van der Waals surface area contributed by atoms with Crippen molar-refractivity contribution in [2.45, 2.75) is 32.9 Å². The zero-order valence-corrected chi connectivity index (χ0v) is 20.1. The Labute approximate surface area is 205 Å². The Morgan fingerprint density at radius 1 is 1.17 bits per heavy atom. The van der Waals surface area contributed by atoms with Crippen LogP contribution in [0.2, 0.25) is 0 Å². The SMILES string of the molecule is CC(C)C(=O)c1ccc(O[C@H](C)c2cc(-c3ccc(C(=O)N[C@@H](CO)C(N)=O)c(F)c3)ns2)cn1. The van der Waals surface area contributed by atoms with Gasteiger partial charge in [0.15, 0.2) is 5.78 Å². The fraction of sp³-hybridized carbons (Fsp3) is 0.292. The number of rotatable bonds is 10. The van der Waals surface area contributed by atoms with Crippen LogP contribution in [0.5, 0.6) is 5.75 Å². The lowest BCUT2D eigenvalue weighted by molar-refractivity contribution is -0.120. The Balaban J connectivity index is 1.70. The molecular weight excluding hydrogens is 475 g/mol. The van der Waals surface area contributed by atoms with Gasteiger partial charge < -0.3 is 20.9 Å². The molecule has 0 radical (unpaired) electrons. The maximum Gasteiger partial charge on any atom is 0.254 e. The van der Waals surface area contributed by atoms with Gasteiger partial charge in [-0.05, 0) is 48.8 Å². The number of hydrogen-bond donors (Lipinski definition) is 3. The minimum Gasteiger partial charge on any atom is -0.484 e. The van der Waals surface area contributed by atoms with Gasteiger partial charge in [0.1, 0.15) is 29.4 Å². The Kier molecular flexibility index (Phi) is 8.26. The predicted octanol–water partition coefficient (Wildman–Crippen LogP) is 2.90. The number of benzene rings is 1. The normalized spacial score (nSPS) is 12.7. The first-order chi connectivity index (χ1) is 16.6. The summed E-state index contributed by atoms with van der Waals surface area (Å²) in [6, 6.07) is 7.69. The van der Waals surface area contributed by atoms with E-state index in [1.165, 1.54) is 29.9 Å². The fourth-order valence-corrected chi connectivity index (χ4v) is 3.79. The highest BCUT2D eigenvalue weighted by Crippen LogP contribution is 2.30. The number of nitrogens with zero attached hydrogens (tertiary/aromatic N) is 2. The van der Waals surface area contributed by atoms with Gasteiger partial charge in [-0.2, -0.15) is 4.37 Å². The maximum atomic E-state index is 14.6. The van der Waals surface area contributed by atoms with E-state index in [4.69, 9.17) is 15.6 Å². The second-order valence-corrected chi connectivity index (χ2v) is 8.91. The molecule has 35 heavy (non-hydrogen) atoms. The van der Waals surface area contributed by atoms with Crippen LogP contribution >= 0.6 is 11.5 Å². The number of ether oxygens (including phenoxy) is 1. The number of aliphatic hydroxyl groups is 1. The van der Waals surface area contributed by atoms with E-state index in [-0.39, 0.29) is 23.4 Å². The van der Waals surface area contributed by atoms with Gasteiger partial charge in [0.05, 0.1) is 28.9 Å². The van der Waals surface area contributed by atoms with E-state index >= 15 is 0 Å². The van der Waals surface area contributed by atoms with E-state index in [9.17, 15) is 18.8 Å². The number of pyridine rings is 1. The van der Waals surface area contributed by atoms with Crippen molar-refractivity contribution in [3.05, 3.63) is 64.5 Å². The second kappa shape index (κ2) is 11.2. The van der Waals surface area contributed by atoms with E-state index in [0.717, 1.165) is 10.9 Å². The number of amides is 2. The highest BCUT2D eigenvalue weighted by molar-refractivity contribution is 7.06. The number of primary amides is 1. The second-order valence-electron chi connectivity index (χ2n) is 8.08. The monoisotopic (exact) mass is 500 g/mol. The molecule has 9 nitrogen and oxygen atoms in total. The van der Waals surface area contributed by atoms with Gasteiger partial charge in [0.2, 0.25) is 5.91 Å². The number of carbonyl (C=O) groups excluding carboxylic acids is 3. The van der Waals surface area contributed by atoms with Crippen molar-refractivity contribution in [3.8, 4) is 17.0 Å². The van der Waals surface area contributed by atoms with Crippen LogP contribution in [0.15, 0.2) is 42.6 Å². The third-order valence-electron chi connectivity index (χ3n) is 5.10. The van der Waals surface area contributed by atoms with Gasteiger partial charge in [-0.15, -0.1) is 0 Å². The molecule has 1 aromatic carbocycles. The molecule has 0 bridgehead atoms. The lowest BCUT2D eigenvalue weighted by Crippen LogP contribution is -2.47. The predicted molar refractivity (Wildman–Crippen MR) is 127 cm³/mol. The molecule has 0 saturated heterocycles. The van der Waals surface area contributed by atoms with Crippen molar-refractivity contribution < 1.29 is 28.6 Å². The van der Waals surface area contributed by atoms with Gasteiger partial charge in [0, 0.05) is 11.5 Å². The molecule has 0 spiro atoms. The van der Waals surface area contributed by atoms with Crippen LogP contribution in [-0.4, -0.2) is 44.7 Å². The number of hydrogen-bond acceptors (Lipinski definition) is 8. The topological polar surface area (TPSA) is 144 Å². The first kappa shape index (κ1) is 25.9.